The lowest BCUT2D eigenvalue weighted by Crippen LogP contribution is -2.20. The molecule has 0 aliphatic carbocycles. The smallest absolute Gasteiger partial charge is 0.232 e. The van der Waals surface area contributed by atoms with Crippen molar-refractivity contribution in [2.24, 2.45) is 5.41 Å². The molecule has 0 atom stereocenters. The van der Waals surface area contributed by atoms with Crippen molar-refractivity contribution in [1.29, 1.82) is 0 Å². The summed E-state index contributed by atoms with van der Waals surface area (Å²) >= 11 is 0. The number of carbonyl (C=O) groups is 1. The largest absolute Gasteiger partial charge is 0.294 e. The van der Waals surface area contributed by atoms with Gasteiger partial charge in [0.15, 0.2) is 5.78 Å². The highest BCUT2D eigenvalue weighted by atomic mass is 32.2. The fourth-order valence-corrected chi connectivity index (χ4v) is 2.01. The Bertz CT molecular complexity index is 524. The van der Waals surface area contributed by atoms with E-state index in [1.807, 2.05) is 20.8 Å². The summed E-state index contributed by atoms with van der Waals surface area (Å²) < 4.78 is 25.2. The molecule has 0 saturated heterocycles. The summed E-state index contributed by atoms with van der Waals surface area (Å²) in [6.45, 7) is 7.12. The van der Waals surface area contributed by atoms with E-state index in [1.54, 1.807) is 31.2 Å². The Labute approximate surface area is 108 Å². The summed E-state index contributed by atoms with van der Waals surface area (Å²) in [6.07, 6.45) is 0. The Morgan fingerprint density at radius 3 is 2.06 bits per heavy atom. The van der Waals surface area contributed by atoms with E-state index in [2.05, 4.69) is 4.72 Å². The SMILES string of the molecule is CCS(=O)(=O)Nc1ccc(C(=O)C(C)(C)C)cc1. The highest BCUT2D eigenvalue weighted by molar-refractivity contribution is 7.92. The topological polar surface area (TPSA) is 63.2 Å². The molecule has 1 aromatic rings. The monoisotopic (exact) mass is 269 g/mol. The predicted molar refractivity (Wildman–Crippen MR) is 73.3 cm³/mol. The zero-order valence-electron chi connectivity index (χ0n) is 11.1. The van der Waals surface area contributed by atoms with Crippen molar-refractivity contribution < 1.29 is 13.2 Å². The number of Topliss-reactive ketones (excluding diaryl/α,β-unsaturated/α-hetero) is 1. The maximum absolute atomic E-state index is 12.0. The van der Waals surface area contributed by atoms with Gasteiger partial charge in [-0.25, -0.2) is 8.42 Å². The third-order valence-corrected chi connectivity index (χ3v) is 3.79. The van der Waals surface area contributed by atoms with Crippen LogP contribution in [0.1, 0.15) is 38.1 Å². The summed E-state index contributed by atoms with van der Waals surface area (Å²) in [5, 5.41) is 0. The number of sulfonamides is 1. The Hall–Kier alpha value is -1.36. The Morgan fingerprint density at radius 1 is 1.17 bits per heavy atom. The van der Waals surface area contributed by atoms with E-state index < -0.39 is 15.4 Å². The Kier molecular flexibility index (Phi) is 4.16. The number of ketones is 1. The fourth-order valence-electron chi connectivity index (χ4n) is 1.37. The van der Waals surface area contributed by atoms with Gasteiger partial charge in [0, 0.05) is 16.7 Å². The maximum atomic E-state index is 12.0. The molecule has 0 radical (unpaired) electrons. The van der Waals surface area contributed by atoms with Gasteiger partial charge in [0.05, 0.1) is 5.75 Å². The number of rotatable bonds is 4. The van der Waals surface area contributed by atoms with Gasteiger partial charge in [-0.15, -0.1) is 0 Å². The first-order valence-electron chi connectivity index (χ1n) is 5.81. The molecule has 5 heteroatoms. The van der Waals surface area contributed by atoms with Crippen molar-refractivity contribution in [3.05, 3.63) is 29.8 Å². The average molecular weight is 269 g/mol. The summed E-state index contributed by atoms with van der Waals surface area (Å²) in [5.41, 5.74) is 0.619. The molecule has 1 rings (SSSR count). The molecule has 0 spiro atoms. The standard InChI is InChI=1S/C13H19NO3S/c1-5-18(16,17)14-11-8-6-10(7-9-11)12(15)13(2,3)4/h6-9,14H,5H2,1-4H3. The first kappa shape index (κ1) is 14.7. The highest BCUT2D eigenvalue weighted by Gasteiger charge is 2.22. The summed E-state index contributed by atoms with van der Waals surface area (Å²) in [7, 11) is -3.27. The van der Waals surface area contributed by atoms with Crippen LogP contribution >= 0.6 is 0 Å². The van der Waals surface area contributed by atoms with E-state index in [0.29, 0.717) is 11.3 Å². The van der Waals surface area contributed by atoms with Gasteiger partial charge in [0.2, 0.25) is 10.0 Å². The van der Waals surface area contributed by atoms with E-state index in [4.69, 9.17) is 0 Å². The first-order chi connectivity index (χ1) is 8.15. The number of hydrogen-bond acceptors (Lipinski definition) is 3. The Morgan fingerprint density at radius 2 is 1.67 bits per heavy atom. The van der Waals surface area contributed by atoms with Crippen LogP contribution in [0, 0.1) is 5.41 Å². The molecule has 4 nitrogen and oxygen atoms in total. The van der Waals surface area contributed by atoms with Crippen molar-refractivity contribution in [3.63, 3.8) is 0 Å². The molecule has 1 aromatic carbocycles. The van der Waals surface area contributed by atoms with Gasteiger partial charge in [0.1, 0.15) is 0 Å². The zero-order valence-corrected chi connectivity index (χ0v) is 12.0. The van der Waals surface area contributed by atoms with Crippen LogP contribution in [0.2, 0.25) is 0 Å². The molecule has 0 saturated carbocycles. The van der Waals surface area contributed by atoms with Crippen LogP contribution in [0.4, 0.5) is 5.69 Å². The molecular formula is C13H19NO3S. The minimum absolute atomic E-state index is 0.0235. The number of benzene rings is 1. The van der Waals surface area contributed by atoms with Crippen molar-refractivity contribution >= 4 is 21.5 Å². The van der Waals surface area contributed by atoms with Crippen LogP contribution in [-0.2, 0) is 10.0 Å². The van der Waals surface area contributed by atoms with Crippen LogP contribution in [0.5, 0.6) is 0 Å². The van der Waals surface area contributed by atoms with Crippen LogP contribution < -0.4 is 4.72 Å². The van der Waals surface area contributed by atoms with Gasteiger partial charge >= 0.3 is 0 Å². The summed E-state index contributed by atoms with van der Waals surface area (Å²) in [5.74, 6) is 0.0581. The minimum atomic E-state index is -3.27. The van der Waals surface area contributed by atoms with E-state index in [-0.39, 0.29) is 11.5 Å². The molecule has 0 bridgehead atoms. The molecule has 0 heterocycles. The Balaban J connectivity index is 2.91. The van der Waals surface area contributed by atoms with Gasteiger partial charge in [-0.05, 0) is 31.2 Å². The second-order valence-corrected chi connectivity index (χ2v) is 7.17. The van der Waals surface area contributed by atoms with Crippen molar-refractivity contribution in [2.45, 2.75) is 27.7 Å². The second kappa shape index (κ2) is 5.10. The molecule has 0 fully saturated rings. The van der Waals surface area contributed by atoms with E-state index >= 15 is 0 Å². The molecular weight excluding hydrogens is 250 g/mol. The average Bonchev–Trinajstić information content (AvgIpc) is 2.27. The van der Waals surface area contributed by atoms with Crippen molar-refractivity contribution in [3.8, 4) is 0 Å². The molecule has 0 aliphatic heterocycles. The number of nitrogens with one attached hydrogen (secondary N) is 1. The van der Waals surface area contributed by atoms with E-state index in [1.165, 1.54) is 0 Å². The first-order valence-corrected chi connectivity index (χ1v) is 7.46. The molecule has 1 N–H and O–H groups in total. The van der Waals surface area contributed by atoms with Crippen molar-refractivity contribution in [2.75, 3.05) is 10.5 Å². The summed E-state index contributed by atoms with van der Waals surface area (Å²) in [6, 6.07) is 6.49. The van der Waals surface area contributed by atoms with Crippen LogP contribution in [0.25, 0.3) is 0 Å². The molecule has 0 aliphatic rings. The fraction of sp³-hybridized carbons (Fsp3) is 0.462. The predicted octanol–water partition coefficient (Wildman–Crippen LogP) is 2.68. The maximum Gasteiger partial charge on any atom is 0.232 e. The van der Waals surface area contributed by atoms with Gasteiger partial charge in [-0.3, -0.25) is 9.52 Å². The van der Waals surface area contributed by atoms with Crippen LogP contribution in [0.3, 0.4) is 0 Å². The lowest BCUT2D eigenvalue weighted by Gasteiger charge is -2.16. The van der Waals surface area contributed by atoms with Crippen molar-refractivity contribution in [1.82, 2.24) is 0 Å². The van der Waals surface area contributed by atoms with Gasteiger partial charge in [0.25, 0.3) is 0 Å². The quantitative estimate of drug-likeness (QED) is 0.855. The highest BCUT2D eigenvalue weighted by Crippen LogP contribution is 2.22. The number of anilines is 1. The number of hydrogen-bond donors (Lipinski definition) is 1. The molecule has 0 aromatic heterocycles. The molecule has 18 heavy (non-hydrogen) atoms. The summed E-state index contributed by atoms with van der Waals surface area (Å²) in [4.78, 5) is 12.0. The molecule has 100 valence electrons. The number of carbonyl (C=O) groups excluding carboxylic acids is 1. The molecule has 0 amide bonds. The normalized spacial score (nSPS) is 12.2. The minimum Gasteiger partial charge on any atom is -0.294 e. The lowest BCUT2D eigenvalue weighted by atomic mass is 9.86. The van der Waals surface area contributed by atoms with Crippen LogP contribution in [0.15, 0.2) is 24.3 Å². The third kappa shape index (κ3) is 3.84. The van der Waals surface area contributed by atoms with Crippen LogP contribution in [-0.4, -0.2) is 20.0 Å². The van der Waals surface area contributed by atoms with Gasteiger partial charge in [-0.1, -0.05) is 20.8 Å². The third-order valence-electron chi connectivity index (χ3n) is 2.48. The zero-order chi connectivity index (χ0) is 14.0. The lowest BCUT2D eigenvalue weighted by molar-refractivity contribution is 0.0858. The van der Waals surface area contributed by atoms with E-state index in [9.17, 15) is 13.2 Å². The van der Waals surface area contributed by atoms with Gasteiger partial charge < -0.3 is 0 Å². The second-order valence-electron chi connectivity index (χ2n) is 5.16. The van der Waals surface area contributed by atoms with E-state index in [0.717, 1.165) is 0 Å². The molecule has 0 unspecified atom stereocenters. The van der Waals surface area contributed by atoms with Gasteiger partial charge in [-0.2, -0.15) is 0 Å².